The van der Waals surface area contributed by atoms with Crippen LogP contribution in [0.4, 0.5) is 0 Å². The Morgan fingerprint density at radius 1 is 1.07 bits per heavy atom. The molecule has 0 aliphatic heterocycles. The number of halogens is 1. The van der Waals surface area contributed by atoms with Crippen molar-refractivity contribution in [1.82, 2.24) is 0 Å². The molecule has 0 saturated heterocycles. The molecule has 0 spiro atoms. The van der Waals surface area contributed by atoms with Crippen LogP contribution in [0.1, 0.15) is 38.2 Å². The summed E-state index contributed by atoms with van der Waals surface area (Å²) in [6.07, 6.45) is 6.63. The Hall–Kier alpha value is 0.466. The largest absolute Gasteiger partial charge is 2.00 e. The molecule has 0 N–H and O–H groups in total. The van der Waals surface area contributed by atoms with E-state index in [0.29, 0.717) is 0 Å². The first kappa shape index (κ1) is 16.9. The molecule has 1 aromatic rings. The van der Waals surface area contributed by atoms with Crippen LogP contribution in [0.25, 0.3) is 0 Å². The molecular formula is C12H17BrMg. The zero-order valence-electron chi connectivity index (χ0n) is 8.93. The fourth-order valence-corrected chi connectivity index (χ4v) is 1.34. The normalized spacial score (nSPS) is 8.64. The van der Waals surface area contributed by atoms with Crippen LogP contribution >= 0.6 is 0 Å². The molecule has 0 bridgehead atoms. The summed E-state index contributed by atoms with van der Waals surface area (Å²) in [7, 11) is 0. The molecule has 0 amide bonds. The second-order valence-corrected chi connectivity index (χ2v) is 3.22. The maximum Gasteiger partial charge on any atom is 2.00 e. The molecule has 2 heteroatoms. The zero-order valence-corrected chi connectivity index (χ0v) is 11.9. The van der Waals surface area contributed by atoms with Crippen molar-refractivity contribution in [3.05, 3.63) is 35.9 Å². The maximum atomic E-state index is 3.03. The second kappa shape index (κ2) is 11.5. The van der Waals surface area contributed by atoms with Crippen LogP contribution < -0.4 is 17.0 Å². The Labute approximate surface area is 114 Å². The summed E-state index contributed by atoms with van der Waals surface area (Å²) in [6.45, 7) is 2.25. The van der Waals surface area contributed by atoms with Crippen molar-refractivity contribution in [3.63, 3.8) is 0 Å². The molecule has 0 aliphatic carbocycles. The number of benzene rings is 1. The van der Waals surface area contributed by atoms with Gasteiger partial charge in [0.15, 0.2) is 0 Å². The molecule has 0 saturated carbocycles. The van der Waals surface area contributed by atoms with Crippen LogP contribution in [-0.2, 0) is 6.42 Å². The molecule has 0 nitrogen and oxygen atoms in total. The van der Waals surface area contributed by atoms with Gasteiger partial charge >= 0.3 is 23.1 Å². The van der Waals surface area contributed by atoms with Gasteiger partial charge in [-0.05, 0) is 0 Å². The first-order chi connectivity index (χ1) is 5.93. The van der Waals surface area contributed by atoms with Gasteiger partial charge in [-0.25, -0.2) is 0 Å². The predicted molar refractivity (Wildman–Crippen MR) is 58.9 cm³/mol. The first-order valence-corrected chi connectivity index (χ1v) is 4.88. The van der Waals surface area contributed by atoms with E-state index >= 15 is 0 Å². The number of hydrogen-bond donors (Lipinski definition) is 0. The van der Waals surface area contributed by atoms with Crippen LogP contribution in [0.2, 0.25) is 0 Å². The molecule has 14 heavy (non-hydrogen) atoms. The Balaban J connectivity index is 0. The summed E-state index contributed by atoms with van der Waals surface area (Å²) in [5.41, 5.74) is 1.45. The SMILES string of the molecule is CCCCCCc1cc[c-]cc1.[Br-].[Mg+2]. The smallest absolute Gasteiger partial charge is 1.00 e. The second-order valence-electron chi connectivity index (χ2n) is 3.22. The number of unbranched alkanes of at least 4 members (excludes halogenated alkanes) is 3. The average Bonchev–Trinajstić information content (AvgIpc) is 2.14. The molecule has 0 fully saturated rings. The number of aryl methyl sites for hydroxylation is 1. The van der Waals surface area contributed by atoms with E-state index in [1.165, 1.54) is 37.7 Å². The van der Waals surface area contributed by atoms with E-state index in [2.05, 4.69) is 25.1 Å². The summed E-state index contributed by atoms with van der Waals surface area (Å²) < 4.78 is 0. The number of hydrogen-bond acceptors (Lipinski definition) is 0. The summed E-state index contributed by atoms with van der Waals surface area (Å²) in [4.78, 5) is 0. The third-order valence-electron chi connectivity index (χ3n) is 2.11. The molecule has 1 rings (SSSR count). The standard InChI is InChI=1S/C12H17.BrH.Mg/c1-2-3-4-6-9-12-10-7-5-8-11-12;;/h7-8,10-11H,2-4,6,9H2,1H3;1H;/q-1;;+2/p-1. The Morgan fingerprint density at radius 3 is 2.29 bits per heavy atom. The summed E-state index contributed by atoms with van der Waals surface area (Å²) in [5.74, 6) is 0. The summed E-state index contributed by atoms with van der Waals surface area (Å²) in [6, 6.07) is 11.3. The summed E-state index contributed by atoms with van der Waals surface area (Å²) >= 11 is 0. The average molecular weight is 265 g/mol. The minimum absolute atomic E-state index is 0. The predicted octanol–water partition coefficient (Wildman–Crippen LogP) is 0.233. The van der Waals surface area contributed by atoms with Crippen molar-refractivity contribution in [1.29, 1.82) is 0 Å². The quantitative estimate of drug-likeness (QED) is 0.406. The fraction of sp³-hybridized carbons (Fsp3) is 0.500. The van der Waals surface area contributed by atoms with Gasteiger partial charge in [0.05, 0.1) is 0 Å². The van der Waals surface area contributed by atoms with Crippen LogP contribution in [0.3, 0.4) is 0 Å². The van der Waals surface area contributed by atoms with E-state index in [1.807, 2.05) is 12.1 Å². The van der Waals surface area contributed by atoms with E-state index in [9.17, 15) is 0 Å². The van der Waals surface area contributed by atoms with E-state index in [1.54, 1.807) is 0 Å². The van der Waals surface area contributed by atoms with Crippen molar-refractivity contribution in [2.45, 2.75) is 39.0 Å². The van der Waals surface area contributed by atoms with Gasteiger partial charge in [-0.2, -0.15) is 35.9 Å². The summed E-state index contributed by atoms with van der Waals surface area (Å²) in [5, 5.41) is 0. The van der Waals surface area contributed by atoms with Crippen LogP contribution in [0, 0.1) is 6.07 Å². The third-order valence-corrected chi connectivity index (χ3v) is 2.11. The van der Waals surface area contributed by atoms with Crippen molar-refractivity contribution >= 4 is 23.1 Å². The zero-order chi connectivity index (χ0) is 8.65. The molecule has 0 aliphatic rings. The van der Waals surface area contributed by atoms with Crippen molar-refractivity contribution in [3.8, 4) is 0 Å². The van der Waals surface area contributed by atoms with Crippen molar-refractivity contribution < 1.29 is 17.0 Å². The first-order valence-electron chi connectivity index (χ1n) is 4.88. The van der Waals surface area contributed by atoms with E-state index < -0.39 is 0 Å². The van der Waals surface area contributed by atoms with Gasteiger partial charge in [0, 0.05) is 0 Å². The Morgan fingerprint density at radius 2 is 1.71 bits per heavy atom. The van der Waals surface area contributed by atoms with E-state index in [-0.39, 0.29) is 40.0 Å². The molecule has 1 aromatic carbocycles. The molecule has 0 atom stereocenters. The van der Waals surface area contributed by atoms with E-state index in [0.717, 1.165) is 0 Å². The molecular weight excluding hydrogens is 248 g/mol. The maximum absolute atomic E-state index is 3.03. The van der Waals surface area contributed by atoms with Crippen molar-refractivity contribution in [2.75, 3.05) is 0 Å². The van der Waals surface area contributed by atoms with Gasteiger partial charge in [0.1, 0.15) is 0 Å². The fourth-order valence-electron chi connectivity index (χ4n) is 1.34. The minimum atomic E-state index is 0. The van der Waals surface area contributed by atoms with Gasteiger partial charge in [0.2, 0.25) is 0 Å². The molecule has 0 aromatic heterocycles. The Bertz CT molecular complexity index is 199. The van der Waals surface area contributed by atoms with Gasteiger partial charge in [-0.15, -0.1) is 0 Å². The van der Waals surface area contributed by atoms with Gasteiger partial charge in [-0.1, -0.05) is 39.0 Å². The van der Waals surface area contributed by atoms with Crippen LogP contribution in [-0.4, -0.2) is 23.1 Å². The molecule has 0 heterocycles. The minimum Gasteiger partial charge on any atom is -1.00 e. The Kier molecular flexibility index (Phi) is 13.9. The molecule has 0 radical (unpaired) electrons. The topological polar surface area (TPSA) is 0 Å². The molecule has 0 unspecified atom stereocenters. The van der Waals surface area contributed by atoms with Crippen LogP contribution in [0.5, 0.6) is 0 Å². The van der Waals surface area contributed by atoms with Gasteiger partial charge in [0.25, 0.3) is 0 Å². The van der Waals surface area contributed by atoms with E-state index in [4.69, 9.17) is 0 Å². The molecule has 74 valence electrons. The third kappa shape index (κ3) is 7.83. The monoisotopic (exact) mass is 264 g/mol. The van der Waals surface area contributed by atoms with Gasteiger partial charge in [-0.3, -0.25) is 0 Å². The van der Waals surface area contributed by atoms with Crippen molar-refractivity contribution in [2.24, 2.45) is 0 Å². The van der Waals surface area contributed by atoms with Crippen LogP contribution in [0.15, 0.2) is 24.3 Å². The van der Waals surface area contributed by atoms with Gasteiger partial charge < -0.3 is 17.0 Å². The number of rotatable bonds is 5.